The Morgan fingerprint density at radius 3 is 2.08 bits per heavy atom. The highest BCUT2D eigenvalue weighted by Crippen LogP contribution is 2.22. The van der Waals surface area contributed by atoms with Crippen LogP contribution in [0.15, 0.2) is 42.5 Å². The Hall–Kier alpha value is -2.86. The Morgan fingerprint density at radius 2 is 1.42 bits per heavy atom. The van der Waals surface area contributed by atoms with Gasteiger partial charge >= 0.3 is 0 Å². The molecule has 0 bridgehead atoms. The average Bonchev–Trinajstić information content (AvgIpc) is 2.89. The van der Waals surface area contributed by atoms with Gasteiger partial charge in [0.25, 0.3) is 11.8 Å². The molecule has 36 heavy (non-hydrogen) atoms. The number of nitrogens with one attached hydrogen (secondary N) is 2. The van der Waals surface area contributed by atoms with Gasteiger partial charge in [0.1, 0.15) is 5.75 Å². The van der Waals surface area contributed by atoms with Crippen LogP contribution in [-0.4, -0.2) is 38.7 Å². The summed E-state index contributed by atoms with van der Waals surface area (Å²) in [7, 11) is 1.59. The Balaban J connectivity index is 1.87. The molecule has 2 N–H and O–H groups in total. The zero-order valence-corrected chi connectivity index (χ0v) is 22.4. The van der Waals surface area contributed by atoms with Gasteiger partial charge in [-0.3, -0.25) is 9.59 Å². The molecule has 6 heteroatoms. The predicted molar refractivity (Wildman–Crippen MR) is 147 cm³/mol. The molecule has 0 radical (unpaired) electrons. The van der Waals surface area contributed by atoms with Crippen LogP contribution in [0.2, 0.25) is 0 Å². The Morgan fingerprint density at radius 1 is 0.750 bits per heavy atom. The van der Waals surface area contributed by atoms with E-state index in [0.29, 0.717) is 36.6 Å². The summed E-state index contributed by atoms with van der Waals surface area (Å²) in [6.45, 7) is 5.90. The van der Waals surface area contributed by atoms with Gasteiger partial charge in [-0.2, -0.15) is 0 Å². The molecule has 0 heterocycles. The molecule has 2 amide bonds. The Bertz CT molecular complexity index is 912. The molecule has 0 aliphatic carbocycles. The molecule has 2 rings (SSSR count). The molecule has 0 saturated heterocycles. The van der Waals surface area contributed by atoms with E-state index in [1.807, 2.05) is 18.2 Å². The van der Waals surface area contributed by atoms with Crippen molar-refractivity contribution < 1.29 is 19.1 Å². The van der Waals surface area contributed by atoms with E-state index >= 15 is 0 Å². The molecule has 0 aliphatic heterocycles. The van der Waals surface area contributed by atoms with Crippen molar-refractivity contribution in [1.29, 1.82) is 0 Å². The molecule has 0 saturated carbocycles. The first-order chi connectivity index (χ1) is 17.6. The summed E-state index contributed by atoms with van der Waals surface area (Å²) < 4.78 is 10.8. The second-order valence-electron chi connectivity index (χ2n) is 9.17. The van der Waals surface area contributed by atoms with Gasteiger partial charge in [0.15, 0.2) is 0 Å². The number of methoxy groups -OCH3 is 1. The topological polar surface area (TPSA) is 76.7 Å². The van der Waals surface area contributed by atoms with Crippen LogP contribution in [0.4, 0.5) is 5.69 Å². The molecule has 0 fully saturated rings. The summed E-state index contributed by atoms with van der Waals surface area (Å²) in [5, 5.41) is 5.81. The molecule has 0 atom stereocenters. The van der Waals surface area contributed by atoms with Gasteiger partial charge in [-0.25, -0.2) is 0 Å². The quantitative estimate of drug-likeness (QED) is 0.223. The number of benzene rings is 2. The number of carbonyl (C=O) groups excluding carboxylic acids is 2. The smallest absolute Gasteiger partial charge is 0.255 e. The highest BCUT2D eigenvalue weighted by atomic mass is 16.5. The normalized spacial score (nSPS) is 10.8. The van der Waals surface area contributed by atoms with Crippen LogP contribution in [0.5, 0.6) is 5.75 Å². The van der Waals surface area contributed by atoms with Crippen molar-refractivity contribution in [3.63, 3.8) is 0 Å². The van der Waals surface area contributed by atoms with Gasteiger partial charge in [0.2, 0.25) is 0 Å². The first-order valence-electron chi connectivity index (χ1n) is 13.5. The highest BCUT2D eigenvalue weighted by Gasteiger charge is 2.13. The number of ether oxygens (including phenoxy) is 2. The van der Waals surface area contributed by atoms with E-state index in [9.17, 15) is 9.59 Å². The lowest BCUT2D eigenvalue weighted by Gasteiger charge is -2.13. The largest absolute Gasteiger partial charge is 0.494 e. The van der Waals surface area contributed by atoms with E-state index in [0.717, 1.165) is 30.6 Å². The molecule has 6 nitrogen and oxygen atoms in total. The zero-order chi connectivity index (χ0) is 26.0. The van der Waals surface area contributed by atoms with Crippen molar-refractivity contribution in [1.82, 2.24) is 5.32 Å². The van der Waals surface area contributed by atoms with E-state index in [2.05, 4.69) is 24.5 Å². The summed E-state index contributed by atoms with van der Waals surface area (Å²) in [5.74, 6) is 0.374. The number of carbonyl (C=O) groups is 2. The van der Waals surface area contributed by atoms with Gasteiger partial charge < -0.3 is 20.1 Å². The number of hydrogen-bond donors (Lipinski definition) is 2. The number of rotatable bonds is 18. The van der Waals surface area contributed by atoms with Gasteiger partial charge in [-0.15, -0.1) is 0 Å². The van der Waals surface area contributed by atoms with E-state index in [1.165, 1.54) is 44.9 Å². The fourth-order valence-corrected chi connectivity index (χ4v) is 4.01. The van der Waals surface area contributed by atoms with Gasteiger partial charge in [0, 0.05) is 30.5 Å². The van der Waals surface area contributed by atoms with Crippen molar-refractivity contribution in [2.75, 3.05) is 32.2 Å². The van der Waals surface area contributed by atoms with Crippen molar-refractivity contribution in [2.24, 2.45) is 0 Å². The molecule has 2 aromatic rings. The third kappa shape index (κ3) is 10.8. The van der Waals surface area contributed by atoms with Gasteiger partial charge in [0.05, 0.1) is 13.2 Å². The second kappa shape index (κ2) is 17.6. The third-order valence-electron chi connectivity index (χ3n) is 6.11. The van der Waals surface area contributed by atoms with Crippen LogP contribution in [0.1, 0.15) is 97.9 Å². The number of hydrogen-bond acceptors (Lipinski definition) is 4. The summed E-state index contributed by atoms with van der Waals surface area (Å²) in [6.07, 6.45) is 11.9. The summed E-state index contributed by atoms with van der Waals surface area (Å²) in [4.78, 5) is 25.4. The summed E-state index contributed by atoms with van der Waals surface area (Å²) >= 11 is 0. The third-order valence-corrected chi connectivity index (χ3v) is 6.11. The van der Waals surface area contributed by atoms with Crippen molar-refractivity contribution in [3.8, 4) is 5.75 Å². The summed E-state index contributed by atoms with van der Waals surface area (Å²) in [6, 6.07) is 12.7. The maximum Gasteiger partial charge on any atom is 0.255 e. The van der Waals surface area contributed by atoms with E-state index in [-0.39, 0.29) is 11.8 Å². The van der Waals surface area contributed by atoms with E-state index in [1.54, 1.807) is 31.4 Å². The highest BCUT2D eigenvalue weighted by molar-refractivity contribution is 6.05. The molecular weight excluding hydrogens is 452 g/mol. The Kier molecular flexibility index (Phi) is 14.3. The SMILES string of the molecule is CCCCCCCCCCOc1ccc(C(=O)Nc2cc(C(=O)NCCOC)ccc2CCC)cc1. The number of unbranched alkanes of at least 4 members (excludes halogenated alkanes) is 7. The van der Waals surface area contributed by atoms with Gasteiger partial charge in [-0.05, 0) is 54.8 Å². The lowest BCUT2D eigenvalue weighted by atomic mass is 10.0. The van der Waals surface area contributed by atoms with Crippen LogP contribution in [0, 0.1) is 0 Å². The standard InChI is InChI=1S/C30H44N2O4/c1-4-6-7-8-9-10-11-12-21-36-27-18-16-25(17-19-27)30(34)32-28-23-26(15-14-24(28)13-5-2)29(33)31-20-22-35-3/h14-19,23H,4-13,20-22H2,1-3H3,(H,31,33)(H,32,34). The fourth-order valence-electron chi connectivity index (χ4n) is 4.01. The maximum absolute atomic E-state index is 12.9. The van der Waals surface area contributed by atoms with Crippen LogP contribution in [0.25, 0.3) is 0 Å². The van der Waals surface area contributed by atoms with Crippen molar-refractivity contribution >= 4 is 17.5 Å². The Labute approximate surface area is 217 Å². The number of aryl methyl sites for hydroxylation is 1. The number of anilines is 1. The predicted octanol–water partition coefficient (Wildman–Crippen LogP) is 6.79. The molecule has 0 spiro atoms. The van der Waals surface area contributed by atoms with Crippen molar-refractivity contribution in [3.05, 3.63) is 59.2 Å². The first-order valence-corrected chi connectivity index (χ1v) is 13.5. The fraction of sp³-hybridized carbons (Fsp3) is 0.533. The average molecular weight is 497 g/mol. The second-order valence-corrected chi connectivity index (χ2v) is 9.17. The monoisotopic (exact) mass is 496 g/mol. The maximum atomic E-state index is 12.9. The molecular formula is C30H44N2O4. The molecule has 0 aromatic heterocycles. The first kappa shape index (κ1) is 29.4. The molecule has 0 aliphatic rings. The lowest BCUT2D eigenvalue weighted by molar-refractivity contribution is 0.0936. The molecule has 2 aromatic carbocycles. The molecule has 198 valence electrons. The van der Waals surface area contributed by atoms with Gasteiger partial charge in [-0.1, -0.05) is 71.3 Å². The van der Waals surface area contributed by atoms with E-state index < -0.39 is 0 Å². The van der Waals surface area contributed by atoms with Crippen LogP contribution >= 0.6 is 0 Å². The minimum atomic E-state index is -0.209. The van der Waals surface area contributed by atoms with Crippen LogP contribution in [-0.2, 0) is 11.2 Å². The van der Waals surface area contributed by atoms with Crippen molar-refractivity contribution in [2.45, 2.75) is 78.1 Å². The minimum absolute atomic E-state index is 0.191. The van der Waals surface area contributed by atoms with Crippen LogP contribution < -0.4 is 15.4 Å². The zero-order valence-electron chi connectivity index (χ0n) is 22.4. The lowest BCUT2D eigenvalue weighted by Crippen LogP contribution is -2.27. The summed E-state index contributed by atoms with van der Waals surface area (Å²) in [5.41, 5.74) is 2.72. The molecule has 0 unspecified atom stereocenters. The number of amides is 2. The van der Waals surface area contributed by atoms with Crippen LogP contribution in [0.3, 0.4) is 0 Å². The van der Waals surface area contributed by atoms with E-state index in [4.69, 9.17) is 9.47 Å². The minimum Gasteiger partial charge on any atom is -0.494 e.